The van der Waals surface area contributed by atoms with Crippen LogP contribution in [0, 0.1) is 0 Å². The number of nitrogens with one attached hydrogen (secondary N) is 2. The van der Waals surface area contributed by atoms with Gasteiger partial charge in [-0.15, -0.1) is 23.5 Å². The van der Waals surface area contributed by atoms with Crippen LogP contribution < -0.4 is 22.1 Å². The van der Waals surface area contributed by atoms with E-state index in [-0.39, 0.29) is 23.7 Å². The normalized spacial score (nSPS) is 20.1. The van der Waals surface area contributed by atoms with Crippen LogP contribution in [0.5, 0.6) is 0 Å². The van der Waals surface area contributed by atoms with Gasteiger partial charge in [-0.25, -0.2) is 19.9 Å². The molecule has 6 N–H and O–H groups in total. The molecule has 208 valence electrons. The first-order chi connectivity index (χ1) is 19.7. The SMILES string of the molecule is CNc1nc(SCCN)cc(C2C(c3ccccc3)C(c3cc(SCCN)nc(NC)n3)C2c2ccccc2)n1. The second-order valence-electron chi connectivity index (χ2n) is 9.61. The molecule has 0 aliphatic heterocycles. The minimum atomic E-state index is 0.121. The van der Waals surface area contributed by atoms with Gasteiger partial charge in [0.05, 0.1) is 11.4 Å². The lowest BCUT2D eigenvalue weighted by Gasteiger charge is -2.52. The van der Waals surface area contributed by atoms with Gasteiger partial charge in [0.1, 0.15) is 10.1 Å². The maximum Gasteiger partial charge on any atom is 0.223 e. The van der Waals surface area contributed by atoms with Crippen molar-refractivity contribution in [1.29, 1.82) is 0 Å². The monoisotopic (exact) mass is 572 g/mol. The molecule has 1 aliphatic carbocycles. The molecule has 40 heavy (non-hydrogen) atoms. The molecule has 2 aromatic heterocycles. The molecule has 4 aromatic rings. The Hall–Kier alpha value is -3.18. The number of rotatable bonds is 12. The Balaban J connectivity index is 1.68. The number of nitrogens with zero attached hydrogens (tertiary/aromatic N) is 4. The fourth-order valence-electron chi connectivity index (χ4n) is 5.59. The molecule has 1 fully saturated rings. The van der Waals surface area contributed by atoms with Crippen molar-refractivity contribution in [3.8, 4) is 0 Å². The van der Waals surface area contributed by atoms with Crippen molar-refractivity contribution in [3.05, 3.63) is 95.3 Å². The molecule has 8 nitrogen and oxygen atoms in total. The van der Waals surface area contributed by atoms with Gasteiger partial charge >= 0.3 is 0 Å². The predicted octanol–water partition coefficient (Wildman–Crippen LogP) is 4.90. The minimum Gasteiger partial charge on any atom is -0.357 e. The van der Waals surface area contributed by atoms with Crippen molar-refractivity contribution < 1.29 is 0 Å². The van der Waals surface area contributed by atoms with Crippen LogP contribution in [0.4, 0.5) is 11.9 Å². The van der Waals surface area contributed by atoms with Crippen LogP contribution in [0.3, 0.4) is 0 Å². The summed E-state index contributed by atoms with van der Waals surface area (Å²) in [5.74, 6) is 3.40. The lowest BCUT2D eigenvalue weighted by molar-refractivity contribution is 0.219. The van der Waals surface area contributed by atoms with Crippen LogP contribution in [0.2, 0.25) is 0 Å². The van der Waals surface area contributed by atoms with E-state index < -0.39 is 0 Å². The molecule has 2 aromatic carbocycles. The van der Waals surface area contributed by atoms with E-state index in [9.17, 15) is 0 Å². The molecule has 0 saturated heterocycles. The lowest BCUT2D eigenvalue weighted by atomic mass is 9.50. The first-order valence-electron chi connectivity index (χ1n) is 13.6. The number of anilines is 2. The van der Waals surface area contributed by atoms with Gasteiger partial charge in [0, 0.05) is 62.4 Å². The van der Waals surface area contributed by atoms with E-state index in [1.165, 1.54) is 11.1 Å². The molecule has 0 amide bonds. The molecule has 0 bridgehead atoms. The van der Waals surface area contributed by atoms with Crippen molar-refractivity contribution in [1.82, 2.24) is 19.9 Å². The highest BCUT2D eigenvalue weighted by Gasteiger charge is 2.54. The third-order valence-electron chi connectivity index (χ3n) is 7.23. The molecule has 0 spiro atoms. The Morgan fingerprint density at radius 3 is 1.35 bits per heavy atom. The molecule has 0 radical (unpaired) electrons. The van der Waals surface area contributed by atoms with E-state index in [2.05, 4.69) is 83.4 Å². The highest BCUT2D eigenvalue weighted by molar-refractivity contribution is 7.99. The van der Waals surface area contributed by atoms with Gasteiger partial charge in [-0.2, -0.15) is 0 Å². The third-order valence-corrected chi connectivity index (χ3v) is 9.12. The van der Waals surface area contributed by atoms with Gasteiger partial charge in [-0.1, -0.05) is 60.7 Å². The number of hydrogen-bond acceptors (Lipinski definition) is 10. The fraction of sp³-hybridized carbons (Fsp3) is 0.333. The van der Waals surface area contributed by atoms with Crippen molar-refractivity contribution in [2.45, 2.75) is 33.7 Å². The standard InChI is InChI=1S/C30H36N8S2/c1-33-29-35-21(17-23(37-29)39-15-13-31)27-25(19-9-5-3-6-10-19)28(26(27)20-11-7-4-8-12-20)22-18-24(40-16-14-32)38-30(34-2)36-22/h3-12,17-18,25-28H,13-16,31-32H2,1-2H3,(H,33,35,37)(H,34,36,38). The van der Waals surface area contributed by atoms with Crippen LogP contribution in [-0.4, -0.2) is 58.6 Å². The van der Waals surface area contributed by atoms with Gasteiger partial charge < -0.3 is 22.1 Å². The molecule has 2 heterocycles. The Labute approximate surface area is 244 Å². The second kappa shape index (κ2) is 13.5. The average Bonchev–Trinajstić information content (AvgIpc) is 2.99. The first kappa shape index (κ1) is 28.4. The Morgan fingerprint density at radius 1 is 0.600 bits per heavy atom. The van der Waals surface area contributed by atoms with Crippen LogP contribution in [-0.2, 0) is 0 Å². The molecule has 5 rings (SSSR count). The van der Waals surface area contributed by atoms with Crippen molar-refractivity contribution in [3.63, 3.8) is 0 Å². The molecular weight excluding hydrogens is 537 g/mol. The minimum absolute atomic E-state index is 0.121. The first-order valence-corrected chi connectivity index (χ1v) is 15.5. The van der Waals surface area contributed by atoms with E-state index in [0.29, 0.717) is 25.0 Å². The topological polar surface area (TPSA) is 128 Å². The number of benzene rings is 2. The highest BCUT2D eigenvalue weighted by Crippen LogP contribution is 2.66. The number of hydrogen-bond donors (Lipinski definition) is 4. The summed E-state index contributed by atoms with van der Waals surface area (Å²) >= 11 is 3.33. The van der Waals surface area contributed by atoms with E-state index in [0.717, 1.165) is 32.9 Å². The summed E-state index contributed by atoms with van der Waals surface area (Å²) in [6.45, 7) is 1.19. The van der Waals surface area contributed by atoms with Crippen molar-refractivity contribution in [2.24, 2.45) is 11.5 Å². The summed E-state index contributed by atoms with van der Waals surface area (Å²) in [4.78, 5) is 19.5. The Morgan fingerprint density at radius 2 is 1.00 bits per heavy atom. The number of nitrogens with two attached hydrogens (primary N) is 2. The lowest BCUT2D eigenvalue weighted by Crippen LogP contribution is -2.41. The zero-order valence-corrected chi connectivity index (χ0v) is 24.5. The summed E-state index contributed by atoms with van der Waals surface area (Å²) in [5, 5.41) is 8.21. The predicted molar refractivity (Wildman–Crippen MR) is 167 cm³/mol. The zero-order valence-electron chi connectivity index (χ0n) is 22.8. The fourth-order valence-corrected chi connectivity index (χ4v) is 6.95. The summed E-state index contributed by atoms with van der Waals surface area (Å²) in [6, 6.07) is 25.8. The summed E-state index contributed by atoms with van der Waals surface area (Å²) in [5.41, 5.74) is 16.2. The van der Waals surface area contributed by atoms with Gasteiger partial charge in [0.2, 0.25) is 11.9 Å². The van der Waals surface area contributed by atoms with E-state index >= 15 is 0 Å². The Kier molecular flexibility index (Phi) is 9.53. The number of thioether (sulfide) groups is 2. The van der Waals surface area contributed by atoms with Crippen LogP contribution in [0.1, 0.15) is 46.2 Å². The van der Waals surface area contributed by atoms with Crippen molar-refractivity contribution >= 4 is 35.4 Å². The van der Waals surface area contributed by atoms with Crippen LogP contribution in [0.15, 0.2) is 82.8 Å². The smallest absolute Gasteiger partial charge is 0.223 e. The van der Waals surface area contributed by atoms with Gasteiger partial charge in [0.15, 0.2) is 0 Å². The largest absolute Gasteiger partial charge is 0.357 e. The van der Waals surface area contributed by atoms with Gasteiger partial charge in [-0.3, -0.25) is 0 Å². The Bertz CT molecular complexity index is 1270. The zero-order chi connectivity index (χ0) is 27.9. The summed E-state index contributed by atoms with van der Waals surface area (Å²) < 4.78 is 0. The highest BCUT2D eigenvalue weighted by atomic mass is 32.2. The third kappa shape index (κ3) is 6.10. The van der Waals surface area contributed by atoms with E-state index in [1.54, 1.807) is 23.5 Å². The van der Waals surface area contributed by atoms with Gasteiger partial charge in [-0.05, 0) is 23.3 Å². The van der Waals surface area contributed by atoms with E-state index in [4.69, 9.17) is 31.4 Å². The van der Waals surface area contributed by atoms with Crippen molar-refractivity contribution in [2.75, 3.05) is 49.3 Å². The van der Waals surface area contributed by atoms with E-state index in [1.807, 2.05) is 14.1 Å². The molecule has 1 aliphatic rings. The molecule has 0 atom stereocenters. The summed E-state index contributed by atoms with van der Waals surface area (Å²) in [7, 11) is 3.73. The molecule has 0 unspecified atom stereocenters. The second-order valence-corrected chi connectivity index (χ2v) is 11.8. The number of aromatic nitrogens is 4. The van der Waals surface area contributed by atoms with Crippen LogP contribution in [0.25, 0.3) is 0 Å². The van der Waals surface area contributed by atoms with Crippen LogP contribution >= 0.6 is 23.5 Å². The molecule has 1 saturated carbocycles. The average molecular weight is 573 g/mol. The summed E-state index contributed by atoms with van der Waals surface area (Å²) in [6.07, 6.45) is 0. The maximum atomic E-state index is 5.82. The quantitative estimate of drug-likeness (QED) is 0.137. The molecule has 10 heteroatoms. The molecular formula is C30H36N8S2. The maximum absolute atomic E-state index is 5.82. The van der Waals surface area contributed by atoms with Gasteiger partial charge in [0.25, 0.3) is 0 Å².